The molecule has 1 N–H and O–H groups in total. The highest BCUT2D eigenvalue weighted by atomic mass is 16.2. The molecule has 3 aliphatic rings. The van der Waals surface area contributed by atoms with Crippen LogP contribution in [0.3, 0.4) is 0 Å². The molecule has 0 radical (unpaired) electrons. The SMILES string of the molecule is CC1CCC(CNC(=O)[C@H]2CC(=O)N(CC3CC3)C2)CC1. The molecular formula is C17H28N2O2. The van der Waals surface area contributed by atoms with Gasteiger partial charge in [-0.1, -0.05) is 19.8 Å². The van der Waals surface area contributed by atoms with Crippen LogP contribution in [0.1, 0.15) is 51.9 Å². The lowest BCUT2D eigenvalue weighted by atomic mass is 9.83. The van der Waals surface area contributed by atoms with E-state index in [9.17, 15) is 9.59 Å². The number of carbonyl (C=O) groups excluding carboxylic acids is 2. The van der Waals surface area contributed by atoms with Gasteiger partial charge in [-0.15, -0.1) is 0 Å². The summed E-state index contributed by atoms with van der Waals surface area (Å²) in [5.41, 5.74) is 0. The number of likely N-dealkylation sites (tertiary alicyclic amines) is 1. The summed E-state index contributed by atoms with van der Waals surface area (Å²) in [7, 11) is 0. The number of hydrogen-bond donors (Lipinski definition) is 1. The minimum absolute atomic E-state index is 0.0975. The van der Waals surface area contributed by atoms with Gasteiger partial charge in [0.15, 0.2) is 0 Å². The summed E-state index contributed by atoms with van der Waals surface area (Å²) >= 11 is 0. The summed E-state index contributed by atoms with van der Waals surface area (Å²) in [6.45, 7) is 4.64. The molecule has 2 amide bonds. The zero-order valence-electron chi connectivity index (χ0n) is 13.1. The Kier molecular flexibility index (Phi) is 4.51. The van der Waals surface area contributed by atoms with E-state index in [1.165, 1.54) is 38.5 Å². The highest BCUT2D eigenvalue weighted by Crippen LogP contribution is 2.32. The molecule has 0 unspecified atom stereocenters. The van der Waals surface area contributed by atoms with Gasteiger partial charge in [-0.05, 0) is 43.4 Å². The maximum absolute atomic E-state index is 12.3. The molecule has 3 rings (SSSR count). The number of amides is 2. The largest absolute Gasteiger partial charge is 0.356 e. The first-order chi connectivity index (χ1) is 10.1. The third-order valence-corrected chi connectivity index (χ3v) is 5.46. The average molecular weight is 292 g/mol. The third kappa shape index (κ3) is 3.98. The second-order valence-electron chi connectivity index (χ2n) is 7.51. The lowest BCUT2D eigenvalue weighted by Crippen LogP contribution is -2.36. The Bertz CT molecular complexity index is 398. The third-order valence-electron chi connectivity index (χ3n) is 5.46. The molecule has 118 valence electrons. The maximum atomic E-state index is 12.3. The van der Waals surface area contributed by atoms with E-state index in [2.05, 4.69) is 12.2 Å². The van der Waals surface area contributed by atoms with Crippen molar-refractivity contribution in [2.75, 3.05) is 19.6 Å². The van der Waals surface area contributed by atoms with Gasteiger partial charge in [0.25, 0.3) is 0 Å². The second-order valence-corrected chi connectivity index (χ2v) is 7.51. The Hall–Kier alpha value is -1.06. The van der Waals surface area contributed by atoms with Gasteiger partial charge in [-0.2, -0.15) is 0 Å². The van der Waals surface area contributed by atoms with Crippen LogP contribution in [0.15, 0.2) is 0 Å². The summed E-state index contributed by atoms with van der Waals surface area (Å²) < 4.78 is 0. The van der Waals surface area contributed by atoms with Gasteiger partial charge < -0.3 is 10.2 Å². The van der Waals surface area contributed by atoms with E-state index in [-0.39, 0.29) is 17.7 Å². The van der Waals surface area contributed by atoms with Gasteiger partial charge in [-0.25, -0.2) is 0 Å². The molecule has 2 aliphatic carbocycles. The van der Waals surface area contributed by atoms with Gasteiger partial charge in [0.05, 0.1) is 5.92 Å². The number of nitrogens with zero attached hydrogens (tertiary/aromatic N) is 1. The predicted octanol–water partition coefficient (Wildman–Crippen LogP) is 2.19. The van der Waals surface area contributed by atoms with E-state index in [1.807, 2.05) is 4.90 Å². The van der Waals surface area contributed by atoms with Crippen molar-refractivity contribution in [1.82, 2.24) is 10.2 Å². The zero-order chi connectivity index (χ0) is 14.8. The molecule has 0 aromatic carbocycles. The Balaban J connectivity index is 1.40. The van der Waals surface area contributed by atoms with E-state index in [4.69, 9.17) is 0 Å². The molecule has 2 saturated carbocycles. The van der Waals surface area contributed by atoms with Crippen molar-refractivity contribution in [2.24, 2.45) is 23.7 Å². The normalized spacial score (nSPS) is 33.3. The molecule has 0 bridgehead atoms. The fourth-order valence-electron chi connectivity index (χ4n) is 3.66. The van der Waals surface area contributed by atoms with Crippen molar-refractivity contribution in [3.63, 3.8) is 0 Å². The summed E-state index contributed by atoms with van der Waals surface area (Å²) in [5.74, 6) is 2.36. The summed E-state index contributed by atoms with van der Waals surface area (Å²) in [4.78, 5) is 26.1. The fraction of sp³-hybridized carbons (Fsp3) is 0.882. The molecule has 1 aliphatic heterocycles. The van der Waals surface area contributed by atoms with E-state index in [0.29, 0.717) is 24.8 Å². The van der Waals surface area contributed by atoms with Crippen LogP contribution < -0.4 is 5.32 Å². The quantitative estimate of drug-likeness (QED) is 0.844. The number of nitrogens with one attached hydrogen (secondary N) is 1. The van der Waals surface area contributed by atoms with Crippen molar-refractivity contribution < 1.29 is 9.59 Å². The lowest BCUT2D eigenvalue weighted by Gasteiger charge is -2.26. The van der Waals surface area contributed by atoms with Crippen molar-refractivity contribution in [3.05, 3.63) is 0 Å². The molecule has 4 heteroatoms. The Morgan fingerprint density at radius 2 is 1.81 bits per heavy atom. The highest BCUT2D eigenvalue weighted by molar-refractivity contribution is 5.89. The van der Waals surface area contributed by atoms with Crippen LogP contribution in [0.4, 0.5) is 0 Å². The van der Waals surface area contributed by atoms with Crippen LogP contribution in [0.25, 0.3) is 0 Å². The van der Waals surface area contributed by atoms with Gasteiger partial charge in [0, 0.05) is 26.1 Å². The van der Waals surface area contributed by atoms with Crippen LogP contribution >= 0.6 is 0 Å². The molecule has 3 fully saturated rings. The monoisotopic (exact) mass is 292 g/mol. The molecule has 0 spiro atoms. The summed E-state index contributed by atoms with van der Waals surface area (Å²) in [6, 6.07) is 0. The Morgan fingerprint density at radius 3 is 2.48 bits per heavy atom. The summed E-state index contributed by atoms with van der Waals surface area (Å²) in [6.07, 6.45) is 7.97. The van der Waals surface area contributed by atoms with Gasteiger partial charge in [-0.3, -0.25) is 9.59 Å². The average Bonchev–Trinajstić information content (AvgIpc) is 3.21. The van der Waals surface area contributed by atoms with Gasteiger partial charge in [0.1, 0.15) is 0 Å². The molecule has 0 aromatic rings. The molecule has 1 saturated heterocycles. The topological polar surface area (TPSA) is 49.4 Å². The fourth-order valence-corrected chi connectivity index (χ4v) is 3.66. The first-order valence-corrected chi connectivity index (χ1v) is 8.67. The van der Waals surface area contributed by atoms with E-state index < -0.39 is 0 Å². The zero-order valence-corrected chi connectivity index (χ0v) is 13.1. The molecule has 1 atom stereocenters. The van der Waals surface area contributed by atoms with Crippen LogP contribution in [-0.4, -0.2) is 36.3 Å². The Morgan fingerprint density at radius 1 is 1.14 bits per heavy atom. The van der Waals surface area contributed by atoms with Crippen molar-refractivity contribution in [3.8, 4) is 0 Å². The van der Waals surface area contributed by atoms with E-state index >= 15 is 0 Å². The lowest BCUT2D eigenvalue weighted by molar-refractivity contribution is -0.129. The van der Waals surface area contributed by atoms with E-state index in [1.54, 1.807) is 0 Å². The predicted molar refractivity (Wildman–Crippen MR) is 81.5 cm³/mol. The highest BCUT2D eigenvalue weighted by Gasteiger charge is 2.37. The molecular weight excluding hydrogens is 264 g/mol. The van der Waals surface area contributed by atoms with Crippen molar-refractivity contribution in [1.29, 1.82) is 0 Å². The molecule has 21 heavy (non-hydrogen) atoms. The standard InChI is InChI=1S/C17H28N2O2/c1-12-2-4-13(5-3-12)9-18-17(21)15-8-16(20)19(11-15)10-14-6-7-14/h12-15H,2-11H2,1H3,(H,18,21)/t12?,13?,15-/m0/s1. The first-order valence-electron chi connectivity index (χ1n) is 8.67. The van der Waals surface area contributed by atoms with Gasteiger partial charge >= 0.3 is 0 Å². The van der Waals surface area contributed by atoms with Crippen LogP contribution in [0, 0.1) is 23.7 Å². The number of carbonyl (C=O) groups is 2. The smallest absolute Gasteiger partial charge is 0.225 e. The van der Waals surface area contributed by atoms with Gasteiger partial charge in [0.2, 0.25) is 11.8 Å². The van der Waals surface area contributed by atoms with Crippen LogP contribution in [-0.2, 0) is 9.59 Å². The Labute approximate surface area is 127 Å². The number of hydrogen-bond acceptors (Lipinski definition) is 2. The molecule has 4 nitrogen and oxygen atoms in total. The van der Waals surface area contributed by atoms with Crippen LogP contribution in [0.5, 0.6) is 0 Å². The van der Waals surface area contributed by atoms with E-state index in [0.717, 1.165) is 19.0 Å². The molecule has 0 aromatic heterocycles. The molecule has 1 heterocycles. The number of rotatable bonds is 5. The maximum Gasteiger partial charge on any atom is 0.225 e. The van der Waals surface area contributed by atoms with Crippen molar-refractivity contribution >= 4 is 11.8 Å². The first kappa shape index (κ1) is 14.9. The second kappa shape index (κ2) is 6.37. The minimum Gasteiger partial charge on any atom is -0.356 e. The van der Waals surface area contributed by atoms with Crippen molar-refractivity contribution in [2.45, 2.75) is 51.9 Å². The van der Waals surface area contributed by atoms with Crippen LogP contribution in [0.2, 0.25) is 0 Å². The summed E-state index contributed by atoms with van der Waals surface area (Å²) in [5, 5.41) is 3.10. The minimum atomic E-state index is -0.112.